The van der Waals surface area contributed by atoms with Gasteiger partial charge in [-0.15, -0.1) is 11.3 Å². The molecule has 31 nitrogen and oxygen atoms in total. The summed E-state index contributed by atoms with van der Waals surface area (Å²) in [4.78, 5) is 98.5. The van der Waals surface area contributed by atoms with Crippen molar-refractivity contribution in [2.24, 2.45) is 5.41 Å². The number of piperazine rings is 1. The number of amides is 5. The van der Waals surface area contributed by atoms with Gasteiger partial charge >= 0.3 is 0 Å². The number of aliphatic hydroxyl groups is 1. The molecular weight excluding hydrogens is 1470 g/mol. The Labute approximate surface area is 661 Å². The van der Waals surface area contributed by atoms with Crippen LogP contribution in [0.25, 0.3) is 32.5 Å². The number of pyridine rings is 2. The second-order valence-electron chi connectivity index (χ2n) is 28.6. The van der Waals surface area contributed by atoms with Crippen molar-refractivity contribution < 1.29 is 85.9 Å². The lowest BCUT2D eigenvalue weighted by atomic mass is 9.85. The lowest BCUT2D eigenvalue weighted by Crippen LogP contribution is -2.57. The third kappa shape index (κ3) is 30.9. The van der Waals surface area contributed by atoms with Gasteiger partial charge in [0.2, 0.25) is 23.6 Å². The minimum absolute atomic E-state index is 0.0106. The maximum absolute atomic E-state index is 14.0. The van der Waals surface area contributed by atoms with E-state index in [0.29, 0.717) is 176 Å². The van der Waals surface area contributed by atoms with E-state index in [9.17, 15) is 33.9 Å². The molecule has 0 bridgehead atoms. The number of hydrogen-bond acceptors (Lipinski definition) is 25. The maximum Gasteiger partial charge on any atom is 0.253 e. The molecule has 0 radical (unpaired) electrons. The standard InChI is InChI=1S/C80H118N12O19S/c1-57(2)92-69-49-64(48-66(68(69)54-86-92)76(96)84-53-67-58(3)47-59(4)87-77(67)97)63-13-14-71(82-52-63)90-21-19-89(20-22-90)18-15-72(94)81-17-24-101-26-28-103-30-32-105-34-36-107-38-40-109-42-44-111-46-45-110-43-41-108-39-37-106-35-33-104-31-29-102-27-25-100-23-16-73(95)88-75(80(6,7)8)79(99)91-55-65(93)50-70(91)78(98)83-51-61-9-11-62(12-10-61)74-60(5)85-56-112-74/h9-14,47-49,52,54,56-57,65,70,75,93H,15-46,50-51,53,55H2,1-8H3,(H,81,94)(H,83,98)(H,84,96)(H,87,97)(H,88,95)/t65-,70+,75-/m1/s1. The van der Waals surface area contributed by atoms with E-state index in [2.05, 4.69) is 46.1 Å². The molecule has 6 N–H and O–H groups in total. The van der Waals surface area contributed by atoms with E-state index >= 15 is 0 Å². The number of carbonyl (C=O) groups excluding carboxylic acids is 5. The van der Waals surface area contributed by atoms with Gasteiger partial charge in [0.1, 0.15) is 17.9 Å². The van der Waals surface area contributed by atoms with Crippen molar-refractivity contribution in [2.45, 2.75) is 112 Å². The van der Waals surface area contributed by atoms with Crippen molar-refractivity contribution in [3.05, 3.63) is 116 Å². The molecule has 2 aliphatic heterocycles. The molecule has 2 fully saturated rings. The highest BCUT2D eigenvalue weighted by Gasteiger charge is 2.44. The third-order valence-electron chi connectivity index (χ3n) is 18.6. The van der Waals surface area contributed by atoms with Gasteiger partial charge in [0.05, 0.1) is 198 Å². The van der Waals surface area contributed by atoms with Crippen molar-refractivity contribution in [1.29, 1.82) is 0 Å². The van der Waals surface area contributed by atoms with Gasteiger partial charge in [0, 0.05) is 113 Å². The summed E-state index contributed by atoms with van der Waals surface area (Å²) in [5.41, 5.74) is 8.92. The van der Waals surface area contributed by atoms with E-state index in [0.717, 1.165) is 87.0 Å². The first-order valence-corrected chi connectivity index (χ1v) is 39.8. The molecule has 3 atom stereocenters. The Hall–Kier alpha value is -7.77. The number of aliphatic hydroxyl groups excluding tert-OH is 1. The highest BCUT2D eigenvalue weighted by Crippen LogP contribution is 2.32. The Morgan fingerprint density at radius 1 is 0.598 bits per heavy atom. The number of rotatable bonds is 54. The number of aromatic amines is 1. The average molecular weight is 1580 g/mol. The van der Waals surface area contributed by atoms with E-state index in [1.165, 1.54) is 4.90 Å². The molecule has 618 valence electrons. The lowest BCUT2D eigenvalue weighted by molar-refractivity contribution is -0.144. The number of aromatic nitrogens is 5. The molecule has 2 saturated heterocycles. The van der Waals surface area contributed by atoms with E-state index in [1.54, 1.807) is 17.5 Å². The molecule has 2 aliphatic rings. The molecule has 0 spiro atoms. The minimum atomic E-state index is -0.935. The SMILES string of the molecule is Cc1cc(C)c(CNC(=O)c2cc(-c3ccc(N4CCN(CCC(=O)NCCOCCOCCOCCOCCOCCOCCOCCOCCOCCOCCOCCOCCC(=O)N[C@H](C(=O)N5C[C@H](O)C[C@H]5C(=O)NCc5ccc(-c6scnc6C)cc5)C(C)(C)C)CC4)nc3)cc3c2cnn3C(C)C)c(=O)[nH]1. The largest absolute Gasteiger partial charge is 0.391 e. The number of thiazole rings is 1. The number of likely N-dealkylation sites (tertiary alicyclic amines) is 1. The van der Waals surface area contributed by atoms with Gasteiger partial charge in [-0.25, -0.2) is 9.97 Å². The van der Waals surface area contributed by atoms with Crippen LogP contribution in [0.15, 0.2) is 77.3 Å². The first kappa shape index (κ1) is 89.8. The highest BCUT2D eigenvalue weighted by molar-refractivity contribution is 7.13. The number of benzene rings is 2. The maximum atomic E-state index is 14.0. The molecule has 0 saturated carbocycles. The fourth-order valence-corrected chi connectivity index (χ4v) is 13.3. The number of ether oxygens (including phenoxy) is 12. The molecule has 112 heavy (non-hydrogen) atoms. The van der Waals surface area contributed by atoms with Crippen molar-refractivity contribution in [2.75, 3.05) is 209 Å². The number of carbonyl (C=O) groups is 5. The first-order valence-electron chi connectivity index (χ1n) is 38.9. The summed E-state index contributed by atoms with van der Waals surface area (Å²) < 4.78 is 68.8. The fourth-order valence-electron chi connectivity index (χ4n) is 12.5. The summed E-state index contributed by atoms with van der Waals surface area (Å²) >= 11 is 1.57. The van der Waals surface area contributed by atoms with Crippen molar-refractivity contribution in [3.63, 3.8) is 0 Å². The Morgan fingerprint density at radius 3 is 1.63 bits per heavy atom. The summed E-state index contributed by atoms with van der Waals surface area (Å²) in [5, 5.41) is 27.6. The smallest absolute Gasteiger partial charge is 0.253 e. The summed E-state index contributed by atoms with van der Waals surface area (Å²) in [7, 11) is 0. The van der Waals surface area contributed by atoms with Gasteiger partial charge in [-0.2, -0.15) is 5.10 Å². The van der Waals surface area contributed by atoms with Crippen LogP contribution in [0, 0.1) is 26.2 Å². The van der Waals surface area contributed by atoms with Gasteiger partial charge in [-0.3, -0.25) is 38.3 Å². The fraction of sp³-hybridized carbons (Fsp3) is 0.613. The zero-order valence-electron chi connectivity index (χ0n) is 66.5. The molecule has 0 unspecified atom stereocenters. The van der Waals surface area contributed by atoms with Crippen LogP contribution >= 0.6 is 11.3 Å². The molecule has 6 heterocycles. The van der Waals surface area contributed by atoms with Crippen LogP contribution in [-0.4, -0.2) is 292 Å². The molecule has 8 rings (SSSR count). The molecule has 0 aliphatic carbocycles. The predicted molar refractivity (Wildman–Crippen MR) is 423 cm³/mol. The number of H-pyrrole nitrogens is 1. The van der Waals surface area contributed by atoms with Crippen LogP contribution in [0.4, 0.5) is 5.82 Å². The second-order valence-corrected chi connectivity index (χ2v) is 29.5. The summed E-state index contributed by atoms with van der Waals surface area (Å²) in [6.45, 7) is 29.5. The summed E-state index contributed by atoms with van der Waals surface area (Å²) in [5.74, 6) is -0.609. The molecule has 5 amide bonds. The number of β-amino-alcohol motifs (C(OH)–C–C–N with tert-alkyl or cyclic N) is 1. The van der Waals surface area contributed by atoms with Crippen molar-refractivity contribution >= 4 is 57.6 Å². The summed E-state index contributed by atoms with van der Waals surface area (Å²) in [6, 6.07) is 16.0. The van der Waals surface area contributed by atoms with Gasteiger partial charge in [-0.05, 0) is 92.6 Å². The number of anilines is 1. The van der Waals surface area contributed by atoms with Gasteiger partial charge in [0.25, 0.3) is 11.5 Å². The normalized spacial score (nSPS) is 15.1. The van der Waals surface area contributed by atoms with Crippen LogP contribution in [0.1, 0.15) is 98.4 Å². The predicted octanol–water partition coefficient (Wildman–Crippen LogP) is 5.37. The summed E-state index contributed by atoms with van der Waals surface area (Å²) in [6.07, 6.45) is 3.21. The molecule has 6 aromatic rings. The van der Waals surface area contributed by atoms with Gasteiger partial charge in [-0.1, -0.05) is 45.0 Å². The zero-order valence-corrected chi connectivity index (χ0v) is 67.3. The number of aryl methyl sites for hydroxylation is 3. The molecular formula is C80H118N12O19S. The topological polar surface area (TPSA) is 351 Å². The molecule has 32 heteroatoms. The van der Waals surface area contributed by atoms with Crippen LogP contribution < -0.4 is 31.7 Å². The van der Waals surface area contributed by atoms with Crippen molar-refractivity contribution in [3.8, 4) is 21.6 Å². The van der Waals surface area contributed by atoms with Gasteiger partial charge < -0.3 is 98.0 Å². The molecule has 4 aromatic heterocycles. The lowest BCUT2D eigenvalue weighted by Gasteiger charge is -2.35. The van der Waals surface area contributed by atoms with Gasteiger partial charge in [0.15, 0.2) is 0 Å². The monoisotopic (exact) mass is 1580 g/mol. The number of nitrogens with one attached hydrogen (secondary N) is 5. The second kappa shape index (κ2) is 49.1. The van der Waals surface area contributed by atoms with E-state index < -0.39 is 29.5 Å². The number of nitrogens with zero attached hydrogens (tertiary/aromatic N) is 7. The van der Waals surface area contributed by atoms with E-state index in [4.69, 9.17) is 61.8 Å². The Bertz CT molecular complexity index is 3850. The van der Waals surface area contributed by atoms with Crippen LogP contribution in [0.2, 0.25) is 0 Å². The Morgan fingerprint density at radius 2 is 1.13 bits per heavy atom. The third-order valence-corrected chi connectivity index (χ3v) is 19.6. The van der Waals surface area contributed by atoms with Crippen LogP contribution in [0.5, 0.6) is 0 Å². The average Bonchev–Trinajstić information content (AvgIpc) is 1.47. The van der Waals surface area contributed by atoms with E-state index in [-0.39, 0.29) is 80.9 Å². The quantitative estimate of drug-likeness (QED) is 0.0261. The van der Waals surface area contributed by atoms with Crippen LogP contribution in [0.3, 0.4) is 0 Å². The number of fused-ring (bicyclic) bond motifs is 1. The minimum Gasteiger partial charge on any atom is -0.391 e. The van der Waals surface area contributed by atoms with Crippen LogP contribution in [-0.2, 0) is 89.1 Å². The zero-order chi connectivity index (χ0) is 79.9. The van der Waals surface area contributed by atoms with E-state index in [1.807, 2.05) is 126 Å². The highest BCUT2D eigenvalue weighted by atomic mass is 32.1. The first-order chi connectivity index (χ1) is 54.2. The Balaban J connectivity index is 0.513. The number of hydrogen-bond donors (Lipinski definition) is 6. The Kier molecular flexibility index (Phi) is 39.4. The molecule has 2 aromatic carbocycles. The van der Waals surface area contributed by atoms with Crippen molar-refractivity contribution in [1.82, 2.24) is 55.8 Å².